The number of rotatable bonds is 3. The zero-order valence-electron chi connectivity index (χ0n) is 11.2. The highest BCUT2D eigenvalue weighted by atomic mass is 35.5. The number of nitrogens with one attached hydrogen (secondary N) is 1. The highest BCUT2D eigenvalue weighted by Crippen LogP contribution is 2.23. The molecule has 1 heterocycles. The summed E-state index contributed by atoms with van der Waals surface area (Å²) < 4.78 is 0. The van der Waals surface area contributed by atoms with Crippen LogP contribution < -0.4 is 5.32 Å². The summed E-state index contributed by atoms with van der Waals surface area (Å²) in [6.45, 7) is 1.02. The zero-order valence-corrected chi connectivity index (χ0v) is 11.9. The van der Waals surface area contributed by atoms with Gasteiger partial charge in [0.05, 0.1) is 0 Å². The largest absolute Gasteiger partial charge is 0.385 e. The monoisotopic (exact) mass is 285 g/mol. The number of hydrogen-bond acceptors (Lipinski definition) is 2. The van der Waals surface area contributed by atoms with Crippen LogP contribution in [0.5, 0.6) is 0 Å². The van der Waals surface area contributed by atoms with E-state index in [-0.39, 0.29) is 5.78 Å². The van der Waals surface area contributed by atoms with Gasteiger partial charge in [-0.3, -0.25) is 4.79 Å². The minimum Gasteiger partial charge on any atom is -0.385 e. The van der Waals surface area contributed by atoms with Crippen molar-refractivity contribution in [1.82, 2.24) is 0 Å². The SMILES string of the molecule is O=C(Cc1cccc(Cl)c1)c1ccc2c(c1)CCCN2. The average molecular weight is 286 g/mol. The molecule has 0 atom stereocenters. The van der Waals surface area contributed by atoms with E-state index in [1.807, 2.05) is 42.5 Å². The lowest BCUT2D eigenvalue weighted by molar-refractivity contribution is 0.0993. The topological polar surface area (TPSA) is 29.1 Å². The van der Waals surface area contributed by atoms with Crippen LogP contribution >= 0.6 is 11.6 Å². The molecule has 0 aliphatic carbocycles. The lowest BCUT2D eigenvalue weighted by Gasteiger charge is -2.18. The van der Waals surface area contributed by atoms with Crippen molar-refractivity contribution in [3.63, 3.8) is 0 Å². The lowest BCUT2D eigenvalue weighted by Crippen LogP contribution is -2.13. The Morgan fingerprint density at radius 2 is 2.10 bits per heavy atom. The van der Waals surface area contributed by atoms with Gasteiger partial charge in [-0.2, -0.15) is 0 Å². The van der Waals surface area contributed by atoms with Gasteiger partial charge in [0.1, 0.15) is 0 Å². The highest BCUT2D eigenvalue weighted by Gasteiger charge is 2.13. The number of anilines is 1. The molecule has 0 radical (unpaired) electrons. The number of ketones is 1. The summed E-state index contributed by atoms with van der Waals surface area (Å²) in [7, 11) is 0. The first-order chi connectivity index (χ1) is 9.72. The van der Waals surface area contributed by atoms with Crippen molar-refractivity contribution in [2.45, 2.75) is 19.3 Å². The molecule has 0 spiro atoms. The second kappa shape index (κ2) is 5.68. The van der Waals surface area contributed by atoms with E-state index < -0.39 is 0 Å². The summed E-state index contributed by atoms with van der Waals surface area (Å²) in [5, 5.41) is 4.03. The number of halogens is 1. The van der Waals surface area contributed by atoms with Crippen LogP contribution in [0, 0.1) is 0 Å². The summed E-state index contributed by atoms with van der Waals surface area (Å²) >= 11 is 5.95. The van der Waals surface area contributed by atoms with Gasteiger partial charge >= 0.3 is 0 Å². The van der Waals surface area contributed by atoms with Gasteiger partial charge in [-0.15, -0.1) is 0 Å². The van der Waals surface area contributed by atoms with Crippen LogP contribution in [-0.2, 0) is 12.8 Å². The van der Waals surface area contributed by atoms with E-state index in [0.29, 0.717) is 11.4 Å². The predicted molar refractivity (Wildman–Crippen MR) is 82.7 cm³/mol. The molecule has 20 heavy (non-hydrogen) atoms. The van der Waals surface area contributed by atoms with Crippen LogP contribution in [-0.4, -0.2) is 12.3 Å². The molecule has 2 aromatic carbocycles. The van der Waals surface area contributed by atoms with Crippen molar-refractivity contribution in [2.24, 2.45) is 0 Å². The third-order valence-corrected chi connectivity index (χ3v) is 3.85. The van der Waals surface area contributed by atoms with Gasteiger partial charge in [-0.05, 0) is 54.3 Å². The first-order valence-electron chi connectivity index (χ1n) is 6.87. The van der Waals surface area contributed by atoms with Gasteiger partial charge in [0.15, 0.2) is 5.78 Å². The average Bonchev–Trinajstić information content (AvgIpc) is 2.47. The standard InChI is InChI=1S/C17H16ClNO/c18-15-5-1-3-12(9-15)10-17(20)14-6-7-16-13(11-14)4-2-8-19-16/h1,3,5-7,9,11,19H,2,4,8,10H2. The fourth-order valence-corrected chi connectivity index (χ4v) is 2.80. The Hall–Kier alpha value is -1.80. The maximum Gasteiger partial charge on any atom is 0.167 e. The highest BCUT2D eigenvalue weighted by molar-refractivity contribution is 6.30. The normalized spacial score (nSPS) is 13.4. The Labute approximate surface area is 123 Å². The third-order valence-electron chi connectivity index (χ3n) is 3.62. The lowest BCUT2D eigenvalue weighted by atomic mass is 9.97. The molecule has 102 valence electrons. The van der Waals surface area contributed by atoms with Crippen molar-refractivity contribution < 1.29 is 4.79 Å². The molecule has 0 amide bonds. The third kappa shape index (κ3) is 2.86. The maximum absolute atomic E-state index is 12.3. The molecule has 0 unspecified atom stereocenters. The minimum absolute atomic E-state index is 0.139. The quantitative estimate of drug-likeness (QED) is 0.860. The number of hydrogen-bond donors (Lipinski definition) is 1. The number of benzene rings is 2. The van der Waals surface area contributed by atoms with Crippen LogP contribution in [0.3, 0.4) is 0 Å². The van der Waals surface area contributed by atoms with Gasteiger partial charge in [-0.25, -0.2) is 0 Å². The zero-order chi connectivity index (χ0) is 13.9. The second-order valence-electron chi connectivity index (χ2n) is 5.13. The number of carbonyl (C=O) groups excluding carboxylic acids is 1. The molecule has 1 aliphatic rings. The summed E-state index contributed by atoms with van der Waals surface area (Å²) in [5.74, 6) is 0.139. The van der Waals surface area contributed by atoms with Crippen molar-refractivity contribution >= 4 is 23.1 Å². The van der Waals surface area contributed by atoms with Gasteiger partial charge < -0.3 is 5.32 Å². The first kappa shape index (κ1) is 13.2. The van der Waals surface area contributed by atoms with Crippen LogP contribution in [0.15, 0.2) is 42.5 Å². The Kier molecular flexibility index (Phi) is 3.75. The van der Waals surface area contributed by atoms with E-state index in [9.17, 15) is 4.79 Å². The Morgan fingerprint density at radius 3 is 2.95 bits per heavy atom. The number of Topliss-reactive ketones (excluding diaryl/α,β-unsaturated/α-hetero) is 1. The molecular weight excluding hydrogens is 270 g/mol. The number of aryl methyl sites for hydroxylation is 1. The first-order valence-corrected chi connectivity index (χ1v) is 7.24. The summed E-state index contributed by atoms with van der Waals surface area (Å²) in [5.41, 5.74) is 4.15. The van der Waals surface area contributed by atoms with E-state index in [1.54, 1.807) is 0 Å². The van der Waals surface area contributed by atoms with Gasteiger partial charge in [0.25, 0.3) is 0 Å². The molecule has 3 heteroatoms. The van der Waals surface area contributed by atoms with Crippen molar-refractivity contribution in [2.75, 3.05) is 11.9 Å². The van der Waals surface area contributed by atoms with Crippen LogP contribution in [0.1, 0.15) is 27.9 Å². The van der Waals surface area contributed by atoms with Crippen molar-refractivity contribution in [3.8, 4) is 0 Å². The summed E-state index contributed by atoms with van der Waals surface area (Å²) in [6, 6.07) is 13.4. The Morgan fingerprint density at radius 1 is 1.20 bits per heavy atom. The van der Waals surface area contributed by atoms with E-state index in [2.05, 4.69) is 5.32 Å². The molecular formula is C17H16ClNO. The molecule has 1 aliphatic heterocycles. The molecule has 0 saturated heterocycles. The number of fused-ring (bicyclic) bond motifs is 1. The summed E-state index contributed by atoms with van der Waals surface area (Å²) in [6.07, 6.45) is 2.56. The molecule has 0 saturated carbocycles. The molecule has 1 N–H and O–H groups in total. The van der Waals surface area contributed by atoms with Gasteiger partial charge in [0, 0.05) is 29.2 Å². The van der Waals surface area contributed by atoms with Gasteiger partial charge in [0.2, 0.25) is 0 Å². The van der Waals surface area contributed by atoms with Crippen LogP contribution in [0.4, 0.5) is 5.69 Å². The Balaban J connectivity index is 1.80. The van der Waals surface area contributed by atoms with Crippen molar-refractivity contribution in [3.05, 3.63) is 64.2 Å². The molecule has 0 fully saturated rings. The molecule has 2 nitrogen and oxygen atoms in total. The molecule has 0 aromatic heterocycles. The molecule has 3 rings (SSSR count). The predicted octanol–water partition coefficient (Wildman–Crippen LogP) is 4.12. The smallest absolute Gasteiger partial charge is 0.167 e. The maximum atomic E-state index is 12.3. The number of carbonyl (C=O) groups is 1. The van der Waals surface area contributed by atoms with Crippen LogP contribution in [0.2, 0.25) is 5.02 Å². The Bertz CT molecular complexity index is 651. The fraction of sp³-hybridized carbons (Fsp3) is 0.235. The minimum atomic E-state index is 0.139. The molecule has 0 bridgehead atoms. The van der Waals surface area contributed by atoms with Crippen LogP contribution in [0.25, 0.3) is 0 Å². The van der Waals surface area contributed by atoms with E-state index in [1.165, 1.54) is 5.56 Å². The van der Waals surface area contributed by atoms with E-state index in [4.69, 9.17) is 11.6 Å². The van der Waals surface area contributed by atoms with Gasteiger partial charge in [-0.1, -0.05) is 23.7 Å². The fourth-order valence-electron chi connectivity index (χ4n) is 2.58. The van der Waals surface area contributed by atoms with E-state index >= 15 is 0 Å². The van der Waals surface area contributed by atoms with E-state index in [0.717, 1.165) is 36.2 Å². The molecule has 2 aromatic rings. The summed E-state index contributed by atoms with van der Waals surface area (Å²) in [4.78, 5) is 12.3. The van der Waals surface area contributed by atoms with Crippen molar-refractivity contribution in [1.29, 1.82) is 0 Å². The second-order valence-corrected chi connectivity index (χ2v) is 5.57.